The third-order valence-electron chi connectivity index (χ3n) is 3.55. The lowest BCUT2D eigenvalue weighted by Crippen LogP contribution is -2.11. The fourth-order valence-electron chi connectivity index (χ4n) is 2.23. The van der Waals surface area contributed by atoms with Crippen molar-refractivity contribution in [1.29, 1.82) is 5.26 Å². The average molecular weight is 382 g/mol. The summed E-state index contributed by atoms with van der Waals surface area (Å²) in [5.74, 6) is -1.59. The quantitative estimate of drug-likeness (QED) is 0.186. The molecule has 0 amide bonds. The van der Waals surface area contributed by atoms with Gasteiger partial charge in [0.2, 0.25) is 0 Å². The predicted octanol–water partition coefficient (Wildman–Crippen LogP) is 2.90. The van der Waals surface area contributed by atoms with E-state index in [1.807, 2.05) is 0 Å². The molecule has 0 fully saturated rings. The van der Waals surface area contributed by atoms with Gasteiger partial charge < -0.3 is 14.2 Å². The largest absolute Gasteiger partial charge is 0.493 e. The van der Waals surface area contributed by atoms with E-state index in [1.165, 1.54) is 55.7 Å². The van der Waals surface area contributed by atoms with Crippen molar-refractivity contribution in [2.45, 2.75) is 0 Å². The number of hydrogen-bond donors (Lipinski definition) is 0. The van der Waals surface area contributed by atoms with Gasteiger partial charge in [0.15, 0.2) is 11.5 Å². The van der Waals surface area contributed by atoms with Gasteiger partial charge in [-0.1, -0.05) is 18.2 Å². The summed E-state index contributed by atoms with van der Waals surface area (Å²) in [4.78, 5) is 34.2. The molecule has 9 nitrogen and oxygen atoms in total. The monoisotopic (exact) mass is 382 g/mol. The molecule has 0 aliphatic rings. The van der Waals surface area contributed by atoms with Gasteiger partial charge in [-0.2, -0.15) is 5.26 Å². The van der Waals surface area contributed by atoms with Crippen molar-refractivity contribution >= 4 is 23.7 Å². The number of nitro groups is 1. The molecular formula is C19H14N2O7. The molecular weight excluding hydrogens is 368 g/mol. The van der Waals surface area contributed by atoms with Crippen LogP contribution in [-0.2, 0) is 9.53 Å². The van der Waals surface area contributed by atoms with E-state index < -0.39 is 16.9 Å². The molecule has 0 heterocycles. The van der Waals surface area contributed by atoms with Crippen LogP contribution in [0.2, 0.25) is 0 Å². The summed E-state index contributed by atoms with van der Waals surface area (Å²) in [7, 11) is 2.48. The molecule has 142 valence electrons. The molecule has 9 heteroatoms. The van der Waals surface area contributed by atoms with E-state index in [0.717, 1.165) is 7.11 Å². The highest BCUT2D eigenvalue weighted by Crippen LogP contribution is 2.30. The zero-order valence-corrected chi connectivity index (χ0v) is 14.9. The van der Waals surface area contributed by atoms with Crippen LogP contribution in [-0.4, -0.2) is 31.1 Å². The van der Waals surface area contributed by atoms with Crippen molar-refractivity contribution < 1.29 is 28.7 Å². The van der Waals surface area contributed by atoms with Gasteiger partial charge in [-0.25, -0.2) is 9.59 Å². The minimum atomic E-state index is -0.929. The highest BCUT2D eigenvalue weighted by molar-refractivity contribution is 5.98. The van der Waals surface area contributed by atoms with Gasteiger partial charge in [-0.3, -0.25) is 10.1 Å². The van der Waals surface area contributed by atoms with Crippen molar-refractivity contribution in [3.8, 4) is 17.6 Å². The second-order valence-electron chi connectivity index (χ2n) is 5.24. The summed E-state index contributed by atoms with van der Waals surface area (Å²) in [6.07, 6.45) is 1.28. The summed E-state index contributed by atoms with van der Waals surface area (Å²) >= 11 is 0. The molecule has 0 aliphatic carbocycles. The van der Waals surface area contributed by atoms with Crippen LogP contribution in [0.3, 0.4) is 0 Å². The van der Waals surface area contributed by atoms with Gasteiger partial charge in [0.25, 0.3) is 5.69 Å². The number of nitrogens with zero attached hydrogens (tertiary/aromatic N) is 2. The normalized spacial score (nSPS) is 10.5. The summed E-state index contributed by atoms with van der Waals surface area (Å²) in [5.41, 5.74) is -0.405. The van der Waals surface area contributed by atoms with E-state index in [0.29, 0.717) is 5.56 Å². The summed E-state index contributed by atoms with van der Waals surface area (Å²) in [5, 5.41) is 20.1. The van der Waals surface area contributed by atoms with Gasteiger partial charge in [-0.05, 0) is 29.8 Å². The maximum absolute atomic E-state index is 12.3. The number of ether oxygens (including phenoxy) is 3. The van der Waals surface area contributed by atoms with E-state index in [9.17, 15) is 19.7 Å². The lowest BCUT2D eigenvalue weighted by molar-refractivity contribution is -0.385. The fourth-order valence-corrected chi connectivity index (χ4v) is 2.23. The highest BCUT2D eigenvalue weighted by Gasteiger charge is 2.22. The van der Waals surface area contributed by atoms with Gasteiger partial charge in [0.05, 0.1) is 19.1 Å². The topological polar surface area (TPSA) is 129 Å². The van der Waals surface area contributed by atoms with Gasteiger partial charge in [0.1, 0.15) is 17.2 Å². The van der Waals surface area contributed by atoms with E-state index in [-0.39, 0.29) is 28.3 Å². The Labute approximate surface area is 159 Å². The molecule has 0 saturated carbocycles. The lowest BCUT2D eigenvalue weighted by atomic mass is 10.1. The van der Waals surface area contributed by atoms with Crippen LogP contribution in [0.5, 0.6) is 11.5 Å². The Balaban J connectivity index is 2.35. The van der Waals surface area contributed by atoms with Crippen molar-refractivity contribution in [3.05, 3.63) is 69.3 Å². The molecule has 0 bridgehead atoms. The molecule has 0 aliphatic heterocycles. The lowest BCUT2D eigenvalue weighted by Gasteiger charge is -2.10. The molecule has 0 unspecified atom stereocenters. The molecule has 2 rings (SSSR count). The van der Waals surface area contributed by atoms with E-state index >= 15 is 0 Å². The number of rotatable bonds is 6. The molecule has 2 aromatic carbocycles. The number of benzene rings is 2. The summed E-state index contributed by atoms with van der Waals surface area (Å²) in [6, 6.07) is 11.4. The fraction of sp³-hybridized carbons (Fsp3) is 0.105. The average Bonchev–Trinajstić information content (AvgIpc) is 2.72. The van der Waals surface area contributed by atoms with E-state index in [2.05, 4.69) is 4.74 Å². The maximum Gasteiger partial charge on any atom is 0.350 e. The Hall–Kier alpha value is -4.19. The Morgan fingerprint density at radius 3 is 2.46 bits per heavy atom. The number of nitro benzene ring substituents is 1. The Morgan fingerprint density at radius 2 is 1.86 bits per heavy atom. The van der Waals surface area contributed by atoms with Crippen LogP contribution < -0.4 is 9.47 Å². The number of hydrogen-bond acceptors (Lipinski definition) is 8. The van der Waals surface area contributed by atoms with Gasteiger partial charge in [-0.15, -0.1) is 0 Å². The second-order valence-corrected chi connectivity index (χ2v) is 5.24. The number of esters is 2. The standard InChI is InChI=1S/C19H14N2O7/c1-26-17-10-12(9-13(11-20)18(22)27-2)7-8-16(17)28-19(23)14-5-3-4-6-15(14)21(24)25/h3-10H,1-2H3/b13-9+. The highest BCUT2D eigenvalue weighted by atomic mass is 16.6. The van der Waals surface area contributed by atoms with Gasteiger partial charge >= 0.3 is 11.9 Å². The first-order chi connectivity index (χ1) is 13.4. The number of nitriles is 1. The van der Waals surface area contributed by atoms with Crippen molar-refractivity contribution in [2.24, 2.45) is 0 Å². The van der Waals surface area contributed by atoms with Crippen LogP contribution in [0.25, 0.3) is 6.08 Å². The van der Waals surface area contributed by atoms with E-state index in [4.69, 9.17) is 14.7 Å². The number of methoxy groups -OCH3 is 2. The van der Waals surface area contributed by atoms with Crippen LogP contribution in [0.4, 0.5) is 5.69 Å². The minimum absolute atomic E-state index is 0.0133. The van der Waals surface area contributed by atoms with Crippen LogP contribution in [0.1, 0.15) is 15.9 Å². The summed E-state index contributed by atoms with van der Waals surface area (Å²) in [6.45, 7) is 0. The molecule has 0 N–H and O–H groups in total. The van der Waals surface area contributed by atoms with Crippen LogP contribution in [0, 0.1) is 21.4 Å². The molecule has 0 aromatic heterocycles. The third-order valence-corrected chi connectivity index (χ3v) is 3.55. The maximum atomic E-state index is 12.3. The Bertz CT molecular complexity index is 1010. The number of para-hydroxylation sites is 1. The van der Waals surface area contributed by atoms with E-state index in [1.54, 1.807) is 6.07 Å². The number of carbonyl (C=O) groups is 2. The molecule has 0 atom stereocenters. The molecule has 0 saturated heterocycles. The van der Waals surface area contributed by atoms with Crippen molar-refractivity contribution in [2.75, 3.05) is 14.2 Å². The smallest absolute Gasteiger partial charge is 0.350 e. The zero-order valence-electron chi connectivity index (χ0n) is 14.9. The van der Waals surface area contributed by atoms with Crippen molar-refractivity contribution in [1.82, 2.24) is 0 Å². The molecule has 2 aromatic rings. The second kappa shape index (κ2) is 8.95. The first-order valence-electron chi connectivity index (χ1n) is 7.75. The summed E-state index contributed by atoms with van der Waals surface area (Å²) < 4.78 is 14.9. The Morgan fingerprint density at radius 1 is 1.14 bits per heavy atom. The minimum Gasteiger partial charge on any atom is -0.493 e. The van der Waals surface area contributed by atoms with Crippen molar-refractivity contribution in [3.63, 3.8) is 0 Å². The predicted molar refractivity (Wildman–Crippen MR) is 96.7 cm³/mol. The molecule has 0 radical (unpaired) electrons. The molecule has 28 heavy (non-hydrogen) atoms. The number of carbonyl (C=O) groups excluding carboxylic acids is 2. The Kier molecular flexibility index (Phi) is 6.44. The first kappa shape index (κ1) is 20.1. The molecule has 0 spiro atoms. The van der Waals surface area contributed by atoms with Crippen LogP contribution in [0.15, 0.2) is 48.0 Å². The first-order valence-corrected chi connectivity index (χ1v) is 7.75. The van der Waals surface area contributed by atoms with Crippen LogP contribution >= 0.6 is 0 Å². The third kappa shape index (κ3) is 4.50. The SMILES string of the molecule is COC(=O)/C(C#N)=C/c1ccc(OC(=O)c2ccccc2[N+](=O)[O-])c(OC)c1. The zero-order chi connectivity index (χ0) is 20.7. The van der Waals surface area contributed by atoms with Gasteiger partial charge in [0, 0.05) is 6.07 Å².